The summed E-state index contributed by atoms with van der Waals surface area (Å²) in [5.41, 5.74) is 10.3. The Balaban J connectivity index is 2.09. The van der Waals surface area contributed by atoms with Crippen LogP contribution < -0.4 is 0 Å². The SMILES string of the molecule is C=C1COCc2c1c1c(c3c2C(=C)[C@@H](C)OC3)C(=C)[C@H](C)OC1. The van der Waals surface area contributed by atoms with Crippen LogP contribution in [0.4, 0.5) is 0 Å². The molecule has 3 heterocycles. The lowest BCUT2D eigenvalue weighted by Gasteiger charge is -2.38. The molecular formula is C20H22O3. The molecule has 23 heavy (non-hydrogen) atoms. The molecule has 0 saturated heterocycles. The summed E-state index contributed by atoms with van der Waals surface area (Å²) in [6.45, 7) is 19.3. The molecular weight excluding hydrogens is 288 g/mol. The molecule has 1 aromatic carbocycles. The molecule has 0 unspecified atom stereocenters. The number of hydrogen-bond donors (Lipinski definition) is 0. The summed E-state index contributed by atoms with van der Waals surface area (Å²) in [4.78, 5) is 0. The van der Waals surface area contributed by atoms with Crippen LogP contribution in [0.1, 0.15) is 47.2 Å². The van der Waals surface area contributed by atoms with Crippen molar-refractivity contribution in [1.29, 1.82) is 0 Å². The maximum Gasteiger partial charge on any atom is 0.0801 e. The lowest BCUT2D eigenvalue weighted by molar-refractivity contribution is 0.0734. The highest BCUT2D eigenvalue weighted by atomic mass is 16.5. The van der Waals surface area contributed by atoms with Crippen molar-refractivity contribution in [3.05, 3.63) is 53.1 Å². The van der Waals surface area contributed by atoms with E-state index in [0.717, 1.165) is 16.7 Å². The second-order valence-electron chi connectivity index (χ2n) is 6.61. The van der Waals surface area contributed by atoms with E-state index in [-0.39, 0.29) is 12.2 Å². The van der Waals surface area contributed by atoms with Gasteiger partial charge >= 0.3 is 0 Å². The van der Waals surface area contributed by atoms with Gasteiger partial charge in [-0.3, -0.25) is 0 Å². The Morgan fingerprint density at radius 2 is 1.17 bits per heavy atom. The fourth-order valence-corrected chi connectivity index (χ4v) is 3.93. The third-order valence-corrected chi connectivity index (χ3v) is 5.27. The van der Waals surface area contributed by atoms with Crippen LogP contribution in [-0.2, 0) is 34.0 Å². The number of ether oxygens (including phenoxy) is 3. The number of hydrogen-bond acceptors (Lipinski definition) is 3. The van der Waals surface area contributed by atoms with Crippen LogP contribution >= 0.6 is 0 Å². The molecule has 0 N–H and O–H groups in total. The Morgan fingerprint density at radius 3 is 1.74 bits per heavy atom. The van der Waals surface area contributed by atoms with Crippen LogP contribution in [0.3, 0.4) is 0 Å². The molecule has 0 spiro atoms. The van der Waals surface area contributed by atoms with Crippen molar-refractivity contribution in [2.45, 2.75) is 45.9 Å². The number of rotatable bonds is 0. The average Bonchev–Trinajstić information content (AvgIpc) is 2.53. The van der Waals surface area contributed by atoms with Gasteiger partial charge in [0.2, 0.25) is 0 Å². The number of fused-ring (bicyclic) bond motifs is 6. The van der Waals surface area contributed by atoms with E-state index in [9.17, 15) is 0 Å². The molecule has 0 fully saturated rings. The van der Waals surface area contributed by atoms with Crippen molar-refractivity contribution in [1.82, 2.24) is 0 Å². The van der Waals surface area contributed by atoms with Gasteiger partial charge in [0, 0.05) is 0 Å². The minimum Gasteiger partial charge on any atom is -0.372 e. The van der Waals surface area contributed by atoms with E-state index >= 15 is 0 Å². The van der Waals surface area contributed by atoms with E-state index in [0.29, 0.717) is 26.4 Å². The van der Waals surface area contributed by atoms with Crippen LogP contribution in [0, 0.1) is 0 Å². The van der Waals surface area contributed by atoms with Crippen LogP contribution in [0.5, 0.6) is 0 Å². The highest BCUT2D eigenvalue weighted by Gasteiger charge is 2.35. The Bertz CT molecular complexity index is 720. The largest absolute Gasteiger partial charge is 0.372 e. The molecule has 3 aliphatic rings. The van der Waals surface area contributed by atoms with Crippen molar-refractivity contribution < 1.29 is 14.2 Å². The highest BCUT2D eigenvalue weighted by molar-refractivity contribution is 5.88. The molecule has 0 bridgehead atoms. The zero-order chi connectivity index (χ0) is 16.3. The molecule has 3 aliphatic heterocycles. The van der Waals surface area contributed by atoms with E-state index < -0.39 is 0 Å². The van der Waals surface area contributed by atoms with Gasteiger partial charge in [0.1, 0.15) is 0 Å². The minimum absolute atomic E-state index is 0.0189. The maximum atomic E-state index is 5.94. The Kier molecular flexibility index (Phi) is 3.34. The van der Waals surface area contributed by atoms with Crippen molar-refractivity contribution in [3.8, 4) is 0 Å². The van der Waals surface area contributed by atoms with Crippen LogP contribution in [0.15, 0.2) is 19.7 Å². The summed E-state index contributed by atoms with van der Waals surface area (Å²) in [5, 5.41) is 0. The Hall–Kier alpha value is -1.68. The number of benzene rings is 1. The van der Waals surface area contributed by atoms with E-state index in [1.807, 2.05) is 0 Å². The molecule has 3 nitrogen and oxygen atoms in total. The van der Waals surface area contributed by atoms with Gasteiger partial charge in [0.15, 0.2) is 0 Å². The predicted octanol–water partition coefficient (Wildman–Crippen LogP) is 4.09. The first-order chi connectivity index (χ1) is 11.0. The van der Waals surface area contributed by atoms with Gasteiger partial charge in [-0.05, 0) is 63.9 Å². The van der Waals surface area contributed by atoms with E-state index in [1.54, 1.807) is 0 Å². The third kappa shape index (κ3) is 2.01. The molecule has 0 radical (unpaired) electrons. The highest BCUT2D eigenvalue weighted by Crippen LogP contribution is 2.46. The predicted molar refractivity (Wildman–Crippen MR) is 91.7 cm³/mol. The van der Waals surface area contributed by atoms with Crippen molar-refractivity contribution in [2.75, 3.05) is 6.61 Å². The molecule has 3 heteroatoms. The smallest absolute Gasteiger partial charge is 0.0801 e. The first-order valence-corrected chi connectivity index (χ1v) is 8.08. The molecule has 0 amide bonds. The van der Waals surface area contributed by atoms with Crippen molar-refractivity contribution >= 4 is 16.7 Å². The van der Waals surface area contributed by atoms with Crippen LogP contribution in [0.2, 0.25) is 0 Å². The van der Waals surface area contributed by atoms with Crippen LogP contribution in [0.25, 0.3) is 16.7 Å². The maximum absolute atomic E-state index is 5.94. The molecule has 120 valence electrons. The van der Waals surface area contributed by atoms with Crippen LogP contribution in [-0.4, -0.2) is 18.8 Å². The first-order valence-electron chi connectivity index (χ1n) is 8.08. The zero-order valence-corrected chi connectivity index (χ0v) is 13.8. The third-order valence-electron chi connectivity index (χ3n) is 5.27. The van der Waals surface area contributed by atoms with Gasteiger partial charge < -0.3 is 14.2 Å². The van der Waals surface area contributed by atoms with Gasteiger partial charge in [0.05, 0.1) is 38.6 Å². The fraction of sp³-hybridized carbons (Fsp3) is 0.400. The lowest BCUT2D eigenvalue weighted by atomic mass is 9.76. The molecule has 0 aromatic heterocycles. The summed E-state index contributed by atoms with van der Waals surface area (Å²) in [6, 6.07) is 0. The Labute approximate surface area is 137 Å². The quantitative estimate of drug-likeness (QED) is 0.722. The monoisotopic (exact) mass is 310 g/mol. The molecule has 0 aliphatic carbocycles. The topological polar surface area (TPSA) is 27.7 Å². The molecule has 1 aromatic rings. The summed E-state index contributed by atoms with van der Waals surface area (Å²) in [7, 11) is 0. The zero-order valence-electron chi connectivity index (χ0n) is 13.8. The summed E-state index contributed by atoms with van der Waals surface area (Å²) >= 11 is 0. The van der Waals surface area contributed by atoms with Gasteiger partial charge in [-0.15, -0.1) is 0 Å². The van der Waals surface area contributed by atoms with Gasteiger partial charge in [-0.2, -0.15) is 0 Å². The minimum atomic E-state index is 0.0189. The molecule has 2 atom stereocenters. The standard InChI is InChI=1S/C20H22O3/c1-10-6-21-7-15-18(10)16-8-22-14(5)12(3)20(16)17-9-23-13(4)11(2)19(15)17/h13-14H,1-3,6-9H2,4-5H3/t13-,14+/m1/s1. The van der Waals surface area contributed by atoms with E-state index in [2.05, 4.69) is 33.6 Å². The molecule has 4 rings (SSSR count). The second kappa shape index (κ2) is 5.17. The van der Waals surface area contributed by atoms with Gasteiger partial charge in [0.25, 0.3) is 0 Å². The molecule has 0 saturated carbocycles. The van der Waals surface area contributed by atoms with E-state index in [4.69, 9.17) is 14.2 Å². The van der Waals surface area contributed by atoms with Gasteiger partial charge in [-0.1, -0.05) is 19.7 Å². The lowest BCUT2D eigenvalue weighted by Crippen LogP contribution is -2.29. The summed E-state index contributed by atoms with van der Waals surface area (Å²) < 4.78 is 17.6. The van der Waals surface area contributed by atoms with Crippen molar-refractivity contribution in [2.24, 2.45) is 0 Å². The normalized spacial score (nSPS) is 26.6. The average molecular weight is 310 g/mol. The summed E-state index contributed by atoms with van der Waals surface area (Å²) in [5.74, 6) is 0. The van der Waals surface area contributed by atoms with E-state index in [1.165, 1.54) is 33.4 Å². The first kappa shape index (κ1) is 14.9. The Morgan fingerprint density at radius 1 is 0.696 bits per heavy atom. The van der Waals surface area contributed by atoms with Gasteiger partial charge in [-0.25, -0.2) is 0 Å². The second-order valence-corrected chi connectivity index (χ2v) is 6.61. The summed E-state index contributed by atoms with van der Waals surface area (Å²) in [6.07, 6.45) is 0.0377. The van der Waals surface area contributed by atoms with Crippen molar-refractivity contribution in [3.63, 3.8) is 0 Å². The fourth-order valence-electron chi connectivity index (χ4n) is 3.93.